The Bertz CT molecular complexity index is 1070. The van der Waals surface area contributed by atoms with Gasteiger partial charge in [0.25, 0.3) is 0 Å². The van der Waals surface area contributed by atoms with Crippen LogP contribution in [0, 0.1) is 0 Å². The molecule has 0 atom stereocenters. The Morgan fingerprint density at radius 1 is 0.438 bits per heavy atom. The van der Waals surface area contributed by atoms with Crippen molar-refractivity contribution in [1.82, 2.24) is 10.6 Å². The molecule has 0 radical (unpaired) electrons. The minimum Gasteiger partial charge on any atom is -0.465 e. The van der Waals surface area contributed by atoms with E-state index in [0.717, 1.165) is 0 Å². The van der Waals surface area contributed by atoms with Gasteiger partial charge in [-0.25, -0.2) is 9.59 Å². The van der Waals surface area contributed by atoms with E-state index in [0.29, 0.717) is 0 Å². The monoisotopic (exact) mass is 768 g/mol. The SMILES string of the molecule is O=C(O)NCCCCCC(CC(F)(F)C(F)(F)C(F)(F)C(F)(F)C(F)(F)F)(CC(F)(F)C(F)(F)C(F)(F)C(F)(F)C(F)(F)F)NC(=O)O. The second kappa shape index (κ2) is 13.4. The van der Waals surface area contributed by atoms with Gasteiger partial charge in [-0.1, -0.05) is 12.8 Å². The average Bonchev–Trinajstić information content (AvgIpc) is 2.82. The summed E-state index contributed by atoms with van der Waals surface area (Å²) in [5.41, 5.74) is -4.88. The molecule has 0 bridgehead atoms. The Morgan fingerprint density at radius 2 is 0.771 bits per heavy atom. The highest BCUT2D eigenvalue weighted by Crippen LogP contribution is 2.61. The van der Waals surface area contributed by atoms with Crippen LogP contribution in [0.4, 0.5) is 106 Å². The van der Waals surface area contributed by atoms with Crippen molar-refractivity contribution in [2.24, 2.45) is 0 Å². The van der Waals surface area contributed by atoms with E-state index in [2.05, 4.69) is 0 Å². The number of halogens is 22. The lowest BCUT2D eigenvalue weighted by molar-refractivity contribution is -0.427. The molecule has 286 valence electrons. The van der Waals surface area contributed by atoms with Crippen molar-refractivity contribution in [2.75, 3.05) is 6.54 Å². The normalized spacial score (nSPS) is 15.4. The van der Waals surface area contributed by atoms with Crippen molar-refractivity contribution < 1.29 is 116 Å². The van der Waals surface area contributed by atoms with Crippen molar-refractivity contribution in [3.63, 3.8) is 0 Å². The minimum absolute atomic E-state index is 0.271. The van der Waals surface area contributed by atoms with Crippen LogP contribution in [0.3, 0.4) is 0 Å². The third kappa shape index (κ3) is 8.23. The molecule has 0 aromatic rings. The first-order chi connectivity index (χ1) is 20.7. The van der Waals surface area contributed by atoms with Crippen molar-refractivity contribution in [3.05, 3.63) is 0 Å². The number of rotatable bonds is 17. The van der Waals surface area contributed by atoms with Crippen LogP contribution in [0.15, 0.2) is 0 Å². The molecular formula is C20H18F22N2O4. The largest absolute Gasteiger partial charge is 0.465 e. The first-order valence-corrected chi connectivity index (χ1v) is 11.9. The summed E-state index contributed by atoms with van der Waals surface area (Å²) < 4.78 is 297. The number of hydrogen-bond acceptors (Lipinski definition) is 2. The van der Waals surface area contributed by atoms with E-state index in [1.54, 1.807) is 5.32 Å². The van der Waals surface area contributed by atoms with Gasteiger partial charge in [-0.05, 0) is 12.8 Å². The predicted molar refractivity (Wildman–Crippen MR) is 109 cm³/mol. The molecule has 0 aliphatic rings. The molecule has 0 aliphatic heterocycles. The quantitative estimate of drug-likeness (QED) is 0.0879. The second-order valence-corrected chi connectivity index (χ2v) is 9.96. The van der Waals surface area contributed by atoms with Gasteiger partial charge in [0.15, 0.2) is 0 Å². The number of carboxylic acid groups (broad SMARTS) is 2. The zero-order valence-electron chi connectivity index (χ0n) is 22.5. The van der Waals surface area contributed by atoms with Gasteiger partial charge >= 0.3 is 71.9 Å². The Kier molecular flexibility index (Phi) is 12.5. The number of hydrogen-bond donors (Lipinski definition) is 4. The van der Waals surface area contributed by atoms with E-state index in [4.69, 9.17) is 10.2 Å². The van der Waals surface area contributed by atoms with Crippen molar-refractivity contribution in [3.8, 4) is 0 Å². The zero-order chi connectivity index (χ0) is 39.0. The Labute approximate surface area is 250 Å². The molecule has 2 amide bonds. The molecule has 0 spiro atoms. The standard InChI is InChI=1S/C20H18F22N2O4/c21-11(22,13(25,26)15(29,30)17(33,34)19(37,38)39)6-10(44-9(47)48,4-2-1-3-5-43-8(45)46)7-12(23,24)14(27,28)16(31,32)18(35,36)20(40,41)42/h43-44H,1-7H2,(H,45,46)(H,47,48). The Hall–Kier alpha value is -3.00. The summed E-state index contributed by atoms with van der Waals surface area (Å²) in [6, 6.07) is 0. The lowest BCUT2D eigenvalue weighted by atomic mass is 9.76. The third-order valence-corrected chi connectivity index (χ3v) is 6.31. The molecule has 0 aliphatic carbocycles. The fourth-order valence-corrected chi connectivity index (χ4v) is 3.86. The topological polar surface area (TPSA) is 98.7 Å². The van der Waals surface area contributed by atoms with Crippen LogP contribution in [0.2, 0.25) is 0 Å². The molecule has 0 saturated heterocycles. The summed E-state index contributed by atoms with van der Waals surface area (Å²) in [5.74, 6) is -64.1. The first kappa shape index (κ1) is 45.0. The zero-order valence-corrected chi connectivity index (χ0v) is 22.5. The predicted octanol–water partition coefficient (Wildman–Crippen LogP) is 8.81. The van der Waals surface area contributed by atoms with Gasteiger partial charge in [0.1, 0.15) is 0 Å². The molecule has 0 unspecified atom stereocenters. The first-order valence-electron chi connectivity index (χ1n) is 11.9. The summed E-state index contributed by atoms with van der Waals surface area (Å²) in [6.07, 6.45) is -33.8. The number of alkyl halides is 22. The molecule has 0 aromatic carbocycles. The fourth-order valence-electron chi connectivity index (χ4n) is 3.86. The molecule has 0 fully saturated rings. The van der Waals surface area contributed by atoms with E-state index in [1.165, 1.54) is 0 Å². The van der Waals surface area contributed by atoms with E-state index < -0.39 is 123 Å². The highest BCUT2D eigenvalue weighted by atomic mass is 19.4. The molecule has 0 saturated carbocycles. The van der Waals surface area contributed by atoms with Gasteiger partial charge in [-0.15, -0.1) is 0 Å². The molecule has 28 heteroatoms. The Balaban J connectivity index is 7.38. The lowest BCUT2D eigenvalue weighted by Gasteiger charge is -2.45. The second-order valence-electron chi connectivity index (χ2n) is 9.96. The van der Waals surface area contributed by atoms with Crippen LogP contribution in [-0.2, 0) is 0 Å². The molecule has 48 heavy (non-hydrogen) atoms. The minimum atomic E-state index is -8.33. The highest BCUT2D eigenvalue weighted by molar-refractivity contribution is 5.65. The maximum atomic E-state index is 14.6. The fraction of sp³-hybridized carbons (Fsp3) is 0.900. The third-order valence-electron chi connectivity index (χ3n) is 6.31. The summed E-state index contributed by atoms with van der Waals surface area (Å²) in [4.78, 5) is 21.6. The summed E-state index contributed by atoms with van der Waals surface area (Å²) >= 11 is 0. The molecule has 0 rings (SSSR count). The summed E-state index contributed by atoms with van der Waals surface area (Å²) in [6.45, 7) is -0.714. The molecule has 4 N–H and O–H groups in total. The summed E-state index contributed by atoms with van der Waals surface area (Å²) in [7, 11) is 0. The lowest BCUT2D eigenvalue weighted by Crippen LogP contribution is -2.70. The smallest absolute Gasteiger partial charge is 0.460 e. The average molecular weight is 768 g/mol. The van der Waals surface area contributed by atoms with Crippen LogP contribution in [0.1, 0.15) is 38.5 Å². The number of amides is 2. The van der Waals surface area contributed by atoms with E-state index in [-0.39, 0.29) is 5.32 Å². The molecule has 0 heterocycles. The maximum absolute atomic E-state index is 14.6. The highest BCUT2D eigenvalue weighted by Gasteiger charge is 2.89. The van der Waals surface area contributed by atoms with Gasteiger partial charge in [0, 0.05) is 19.4 Å². The van der Waals surface area contributed by atoms with Gasteiger partial charge in [-0.3, -0.25) is 0 Å². The van der Waals surface area contributed by atoms with Crippen molar-refractivity contribution in [1.29, 1.82) is 0 Å². The van der Waals surface area contributed by atoms with Crippen molar-refractivity contribution >= 4 is 12.2 Å². The number of carbonyl (C=O) groups is 2. The Morgan fingerprint density at radius 3 is 1.04 bits per heavy atom. The maximum Gasteiger partial charge on any atom is 0.460 e. The van der Waals surface area contributed by atoms with Crippen LogP contribution in [0.5, 0.6) is 0 Å². The summed E-state index contributed by atoms with van der Waals surface area (Å²) in [5, 5.41) is 19.1. The van der Waals surface area contributed by atoms with Crippen LogP contribution in [-0.4, -0.2) is 94.2 Å². The van der Waals surface area contributed by atoms with E-state index >= 15 is 0 Å². The number of unbranched alkanes of at least 4 members (excludes halogenated alkanes) is 2. The van der Waals surface area contributed by atoms with Crippen LogP contribution >= 0.6 is 0 Å². The van der Waals surface area contributed by atoms with E-state index in [1.807, 2.05) is 0 Å². The van der Waals surface area contributed by atoms with Gasteiger partial charge < -0.3 is 20.8 Å². The molecule has 6 nitrogen and oxygen atoms in total. The van der Waals surface area contributed by atoms with Gasteiger partial charge in [0.05, 0.1) is 5.54 Å². The van der Waals surface area contributed by atoms with Gasteiger partial charge in [0.2, 0.25) is 0 Å². The molecule has 0 aromatic heterocycles. The number of nitrogens with one attached hydrogen (secondary N) is 2. The van der Waals surface area contributed by atoms with Gasteiger partial charge in [-0.2, -0.15) is 96.6 Å². The van der Waals surface area contributed by atoms with Crippen molar-refractivity contribution in [2.45, 2.75) is 104 Å². The van der Waals surface area contributed by atoms with Crippen LogP contribution < -0.4 is 10.6 Å². The van der Waals surface area contributed by atoms with E-state index in [9.17, 15) is 106 Å². The molecular weight excluding hydrogens is 750 g/mol. The van der Waals surface area contributed by atoms with Crippen LogP contribution in [0.25, 0.3) is 0 Å².